The van der Waals surface area contributed by atoms with Crippen LogP contribution in [0, 0.1) is 16.7 Å². The van der Waals surface area contributed by atoms with Crippen LogP contribution in [-0.4, -0.2) is 25.3 Å². The number of esters is 1. The number of ether oxygens (including phenoxy) is 1. The summed E-state index contributed by atoms with van der Waals surface area (Å²) in [5.74, 6) is -0.305. The summed E-state index contributed by atoms with van der Waals surface area (Å²) >= 11 is 0. The van der Waals surface area contributed by atoms with Crippen LogP contribution in [0.15, 0.2) is 0 Å². The van der Waals surface area contributed by atoms with Crippen molar-refractivity contribution in [1.82, 2.24) is 0 Å². The molecule has 4 heteroatoms. The third-order valence-electron chi connectivity index (χ3n) is 2.71. The van der Waals surface area contributed by atoms with Gasteiger partial charge in [0.15, 0.2) is 0 Å². The minimum absolute atomic E-state index is 0.0864. The molecule has 0 heterocycles. The summed E-state index contributed by atoms with van der Waals surface area (Å²) in [6.45, 7) is 16.1. The third kappa shape index (κ3) is 7.87. The Morgan fingerprint density at radius 3 is 1.89 bits per heavy atom. The van der Waals surface area contributed by atoms with Crippen LogP contribution in [0.25, 0.3) is 0 Å². The number of carbonyl (C=O) groups excluding carboxylic acids is 1. The fraction of sp³-hybridized carbons (Fsp3) is 0.929. The SMILES string of the molecule is CC(C)(C)CC(C(=O)OC[Si](C)(C)O)C(C)(C)C. The van der Waals surface area contributed by atoms with Crippen LogP contribution in [0.5, 0.6) is 0 Å². The average molecular weight is 274 g/mol. The first-order chi connectivity index (χ1) is 7.72. The highest BCUT2D eigenvalue weighted by atomic mass is 28.4. The number of hydrogen-bond acceptors (Lipinski definition) is 3. The van der Waals surface area contributed by atoms with Crippen molar-refractivity contribution in [3.05, 3.63) is 0 Å². The molecule has 0 spiro atoms. The van der Waals surface area contributed by atoms with E-state index in [9.17, 15) is 9.59 Å². The van der Waals surface area contributed by atoms with Crippen LogP contribution in [0.1, 0.15) is 48.0 Å². The van der Waals surface area contributed by atoms with Crippen LogP contribution in [0.4, 0.5) is 0 Å². The number of rotatable bonds is 4. The zero-order valence-electron chi connectivity index (χ0n) is 13.3. The molecule has 0 aliphatic carbocycles. The molecule has 108 valence electrons. The average Bonchev–Trinajstić information content (AvgIpc) is 2.06. The van der Waals surface area contributed by atoms with Gasteiger partial charge >= 0.3 is 5.97 Å². The van der Waals surface area contributed by atoms with Crippen LogP contribution in [0.2, 0.25) is 13.1 Å². The van der Waals surface area contributed by atoms with Gasteiger partial charge in [0, 0.05) is 0 Å². The van der Waals surface area contributed by atoms with E-state index in [4.69, 9.17) is 4.74 Å². The molecule has 0 aromatic heterocycles. The van der Waals surface area contributed by atoms with Gasteiger partial charge in [-0.1, -0.05) is 41.5 Å². The second-order valence-corrected chi connectivity index (χ2v) is 12.0. The third-order valence-corrected chi connectivity index (χ3v) is 3.56. The largest absolute Gasteiger partial charge is 0.466 e. The quantitative estimate of drug-likeness (QED) is 0.631. The van der Waals surface area contributed by atoms with Gasteiger partial charge < -0.3 is 9.53 Å². The molecule has 0 radical (unpaired) electrons. The van der Waals surface area contributed by atoms with Crippen LogP contribution in [-0.2, 0) is 9.53 Å². The van der Waals surface area contributed by atoms with Crippen LogP contribution >= 0.6 is 0 Å². The molecule has 18 heavy (non-hydrogen) atoms. The molecule has 0 saturated carbocycles. The maximum absolute atomic E-state index is 12.2. The Balaban J connectivity index is 4.73. The van der Waals surface area contributed by atoms with Gasteiger partial charge in [-0.3, -0.25) is 4.79 Å². The van der Waals surface area contributed by atoms with Crippen molar-refractivity contribution in [2.24, 2.45) is 16.7 Å². The molecule has 0 fully saturated rings. The lowest BCUT2D eigenvalue weighted by Crippen LogP contribution is -2.39. The van der Waals surface area contributed by atoms with Crippen molar-refractivity contribution in [2.75, 3.05) is 6.23 Å². The highest BCUT2D eigenvalue weighted by Gasteiger charge is 2.36. The number of hydrogen-bond donors (Lipinski definition) is 1. The Hall–Kier alpha value is -0.353. The molecule has 0 aromatic rings. The molecule has 1 unspecified atom stereocenters. The molecule has 0 amide bonds. The predicted molar refractivity (Wildman–Crippen MR) is 77.7 cm³/mol. The maximum Gasteiger partial charge on any atom is 0.309 e. The lowest BCUT2D eigenvalue weighted by Gasteiger charge is -2.34. The summed E-state index contributed by atoms with van der Waals surface area (Å²) in [5, 5.41) is 0. The molecule has 0 aliphatic heterocycles. The van der Waals surface area contributed by atoms with E-state index < -0.39 is 8.32 Å². The van der Waals surface area contributed by atoms with Crippen LogP contribution < -0.4 is 0 Å². The summed E-state index contributed by atoms with van der Waals surface area (Å²) in [6, 6.07) is 0. The monoisotopic (exact) mass is 274 g/mol. The molecule has 1 N–H and O–H groups in total. The summed E-state index contributed by atoms with van der Waals surface area (Å²) in [6.07, 6.45) is 0.977. The first-order valence-electron chi connectivity index (χ1n) is 6.61. The second kappa shape index (κ2) is 5.74. The summed E-state index contributed by atoms with van der Waals surface area (Å²) < 4.78 is 5.31. The van der Waals surface area contributed by atoms with Crippen molar-refractivity contribution in [3.8, 4) is 0 Å². The van der Waals surface area contributed by atoms with Gasteiger partial charge in [-0.2, -0.15) is 0 Å². The second-order valence-electron chi connectivity index (χ2n) is 8.10. The minimum atomic E-state index is -2.33. The van der Waals surface area contributed by atoms with E-state index in [2.05, 4.69) is 41.5 Å². The van der Waals surface area contributed by atoms with Gasteiger partial charge in [0.2, 0.25) is 8.32 Å². The van der Waals surface area contributed by atoms with Crippen LogP contribution in [0.3, 0.4) is 0 Å². The number of carbonyl (C=O) groups is 1. The Bertz CT molecular complexity index is 279. The summed E-state index contributed by atoms with van der Waals surface area (Å²) in [4.78, 5) is 21.9. The van der Waals surface area contributed by atoms with Crippen molar-refractivity contribution >= 4 is 14.3 Å². The zero-order chi connectivity index (χ0) is 14.8. The molecule has 0 aliphatic rings. The molecule has 0 saturated heterocycles. The highest BCUT2D eigenvalue weighted by Crippen LogP contribution is 2.36. The summed E-state index contributed by atoms with van der Waals surface area (Å²) in [5.41, 5.74) is -0.0331. The van der Waals surface area contributed by atoms with E-state index in [0.29, 0.717) is 0 Å². The molecule has 0 bridgehead atoms. The molecular formula is C14H30O3Si. The summed E-state index contributed by atoms with van der Waals surface area (Å²) in [7, 11) is -2.33. The van der Waals surface area contributed by atoms with Gasteiger partial charge in [0.05, 0.1) is 5.92 Å². The molecule has 1 atom stereocenters. The molecular weight excluding hydrogens is 244 g/mol. The van der Waals surface area contributed by atoms with E-state index >= 15 is 0 Å². The highest BCUT2D eigenvalue weighted by molar-refractivity contribution is 6.69. The van der Waals surface area contributed by atoms with E-state index in [1.54, 1.807) is 13.1 Å². The van der Waals surface area contributed by atoms with Gasteiger partial charge in [-0.05, 0) is 30.3 Å². The van der Waals surface area contributed by atoms with Gasteiger partial charge in [-0.25, -0.2) is 0 Å². The fourth-order valence-corrected chi connectivity index (χ4v) is 2.20. The Morgan fingerprint density at radius 2 is 1.61 bits per heavy atom. The van der Waals surface area contributed by atoms with Gasteiger partial charge in [-0.15, -0.1) is 0 Å². The topological polar surface area (TPSA) is 46.5 Å². The van der Waals surface area contributed by atoms with Crippen molar-refractivity contribution < 1.29 is 14.3 Å². The van der Waals surface area contributed by atoms with E-state index in [-0.39, 0.29) is 28.9 Å². The first-order valence-corrected chi connectivity index (χ1v) is 9.77. The zero-order valence-corrected chi connectivity index (χ0v) is 14.3. The fourth-order valence-electron chi connectivity index (χ4n) is 1.70. The molecule has 0 aromatic carbocycles. The standard InChI is InChI=1S/C14H30O3Si/c1-13(2,3)9-11(14(4,5)6)12(15)17-10-18(7,8)16/h11,16H,9-10H2,1-8H3. The normalized spacial score (nSPS) is 15.4. The van der Waals surface area contributed by atoms with E-state index in [1.807, 2.05) is 0 Å². The predicted octanol–water partition coefficient (Wildman–Crippen LogP) is 3.36. The van der Waals surface area contributed by atoms with Gasteiger partial charge in [0.1, 0.15) is 6.23 Å². The van der Waals surface area contributed by atoms with Gasteiger partial charge in [0.25, 0.3) is 0 Å². The van der Waals surface area contributed by atoms with E-state index in [0.717, 1.165) is 6.42 Å². The Morgan fingerprint density at radius 1 is 1.17 bits per heavy atom. The lowest BCUT2D eigenvalue weighted by atomic mass is 9.72. The van der Waals surface area contributed by atoms with Crippen molar-refractivity contribution in [2.45, 2.75) is 61.1 Å². The van der Waals surface area contributed by atoms with Crippen molar-refractivity contribution in [1.29, 1.82) is 0 Å². The van der Waals surface area contributed by atoms with Crippen molar-refractivity contribution in [3.63, 3.8) is 0 Å². The smallest absolute Gasteiger partial charge is 0.309 e. The molecule has 0 rings (SSSR count). The minimum Gasteiger partial charge on any atom is -0.466 e. The first kappa shape index (κ1) is 17.6. The lowest BCUT2D eigenvalue weighted by molar-refractivity contribution is -0.152. The Labute approximate surface area is 113 Å². The Kier molecular flexibility index (Phi) is 5.63. The maximum atomic E-state index is 12.2. The molecule has 3 nitrogen and oxygen atoms in total. The van der Waals surface area contributed by atoms with E-state index in [1.165, 1.54) is 0 Å².